The number of primary amides is 1. The van der Waals surface area contributed by atoms with Gasteiger partial charge in [0.2, 0.25) is 5.91 Å². The molecule has 0 bridgehead atoms. The second-order valence-corrected chi connectivity index (χ2v) is 3.71. The van der Waals surface area contributed by atoms with Crippen LogP contribution in [-0.4, -0.2) is 15.1 Å². The quantitative estimate of drug-likeness (QED) is 0.726. The molecule has 0 saturated heterocycles. The van der Waals surface area contributed by atoms with Crippen molar-refractivity contribution in [1.82, 2.24) is 9.19 Å². The zero-order valence-corrected chi connectivity index (χ0v) is 9.15. The van der Waals surface area contributed by atoms with Crippen LogP contribution in [0.1, 0.15) is 5.69 Å². The van der Waals surface area contributed by atoms with Crippen LogP contribution < -0.4 is 11.3 Å². The van der Waals surface area contributed by atoms with Crippen LogP contribution in [0.15, 0.2) is 29.1 Å². The summed E-state index contributed by atoms with van der Waals surface area (Å²) in [4.78, 5) is 22.6. The molecule has 0 spiro atoms. The topological polar surface area (TPSA) is 78.0 Å². The highest BCUT2D eigenvalue weighted by Crippen LogP contribution is 2.13. The van der Waals surface area contributed by atoms with E-state index in [-0.39, 0.29) is 12.0 Å². The first-order valence-corrected chi connectivity index (χ1v) is 4.98. The van der Waals surface area contributed by atoms with Crippen LogP contribution in [0.25, 0.3) is 10.8 Å². The molecule has 0 unspecified atom stereocenters. The fourth-order valence-electron chi connectivity index (χ4n) is 1.54. The molecule has 0 aliphatic heterocycles. The minimum absolute atomic E-state index is 0.0125. The van der Waals surface area contributed by atoms with Crippen LogP contribution in [0.4, 0.5) is 0 Å². The average Bonchev–Trinajstić information content (AvgIpc) is 2.25. The molecule has 2 aromatic rings. The van der Waals surface area contributed by atoms with Gasteiger partial charge >= 0.3 is 0 Å². The van der Waals surface area contributed by atoms with Crippen LogP contribution >= 0.6 is 12.8 Å². The van der Waals surface area contributed by atoms with Gasteiger partial charge in [0.05, 0.1) is 17.5 Å². The molecule has 5 nitrogen and oxygen atoms in total. The lowest BCUT2D eigenvalue weighted by atomic mass is 10.1. The zero-order valence-electron chi connectivity index (χ0n) is 8.25. The lowest BCUT2D eigenvalue weighted by Gasteiger charge is -2.05. The van der Waals surface area contributed by atoms with E-state index in [1.165, 1.54) is 0 Å². The summed E-state index contributed by atoms with van der Waals surface area (Å²) in [5, 5.41) is 5.02. The van der Waals surface area contributed by atoms with E-state index in [1.54, 1.807) is 24.3 Å². The first kappa shape index (κ1) is 10.7. The van der Waals surface area contributed by atoms with Crippen LogP contribution in [0, 0.1) is 0 Å². The molecule has 0 atom stereocenters. The van der Waals surface area contributed by atoms with Gasteiger partial charge in [0.1, 0.15) is 0 Å². The molecule has 0 aliphatic rings. The van der Waals surface area contributed by atoms with Gasteiger partial charge in [0.15, 0.2) is 0 Å². The molecule has 0 radical (unpaired) electrons. The smallest absolute Gasteiger partial charge is 0.284 e. The van der Waals surface area contributed by atoms with E-state index in [2.05, 4.69) is 17.9 Å². The fourth-order valence-corrected chi connectivity index (χ4v) is 1.75. The summed E-state index contributed by atoms with van der Waals surface area (Å²) in [6.45, 7) is 0. The summed E-state index contributed by atoms with van der Waals surface area (Å²) in [6.07, 6.45) is -0.0125. The Labute approximate surface area is 96.4 Å². The van der Waals surface area contributed by atoms with E-state index in [0.717, 1.165) is 4.09 Å². The van der Waals surface area contributed by atoms with Gasteiger partial charge in [-0.05, 0) is 18.9 Å². The second-order valence-electron chi connectivity index (χ2n) is 3.33. The van der Waals surface area contributed by atoms with Crippen LogP contribution in [0.3, 0.4) is 0 Å². The van der Waals surface area contributed by atoms with E-state index in [1.807, 2.05) is 0 Å². The minimum atomic E-state index is -0.496. The Hall–Kier alpha value is -1.82. The first-order valence-electron chi connectivity index (χ1n) is 4.58. The van der Waals surface area contributed by atoms with Crippen molar-refractivity contribution >= 4 is 29.5 Å². The van der Waals surface area contributed by atoms with Crippen LogP contribution in [0.2, 0.25) is 0 Å². The maximum atomic E-state index is 11.7. The molecule has 2 N–H and O–H groups in total. The third-order valence-corrected chi connectivity index (χ3v) is 2.48. The Morgan fingerprint density at radius 1 is 1.38 bits per heavy atom. The molecule has 0 saturated carbocycles. The van der Waals surface area contributed by atoms with Crippen molar-refractivity contribution in [1.29, 1.82) is 0 Å². The van der Waals surface area contributed by atoms with Gasteiger partial charge in [-0.25, -0.2) is 0 Å². The number of benzene rings is 1. The maximum absolute atomic E-state index is 11.7. The van der Waals surface area contributed by atoms with Gasteiger partial charge in [-0.1, -0.05) is 18.2 Å². The lowest BCUT2D eigenvalue weighted by Crippen LogP contribution is -2.21. The molecule has 1 amide bonds. The number of aromatic nitrogens is 2. The molecule has 1 heterocycles. The third-order valence-electron chi connectivity index (χ3n) is 2.21. The number of hydrogen-bond acceptors (Lipinski definition) is 4. The van der Waals surface area contributed by atoms with Crippen molar-refractivity contribution in [2.24, 2.45) is 5.73 Å². The van der Waals surface area contributed by atoms with Gasteiger partial charge in [-0.2, -0.15) is 9.19 Å². The number of hydrogen-bond donors (Lipinski definition) is 2. The molecule has 0 fully saturated rings. The Bertz CT molecular complexity index is 621. The number of rotatable bonds is 2. The molecule has 1 aromatic heterocycles. The largest absolute Gasteiger partial charge is 0.369 e. The van der Waals surface area contributed by atoms with Crippen molar-refractivity contribution < 1.29 is 4.79 Å². The number of fused-ring (bicyclic) bond motifs is 1. The van der Waals surface area contributed by atoms with Gasteiger partial charge in [0, 0.05) is 5.39 Å². The van der Waals surface area contributed by atoms with Gasteiger partial charge in [0.25, 0.3) is 5.56 Å². The van der Waals surface area contributed by atoms with E-state index in [4.69, 9.17) is 5.73 Å². The Morgan fingerprint density at radius 2 is 2.00 bits per heavy atom. The zero-order chi connectivity index (χ0) is 11.7. The molecular weight excluding hydrogens is 226 g/mol. The van der Waals surface area contributed by atoms with E-state index < -0.39 is 5.91 Å². The summed E-state index contributed by atoms with van der Waals surface area (Å²) in [7, 11) is 0. The highest BCUT2D eigenvalue weighted by molar-refractivity contribution is 7.78. The molecule has 82 valence electrons. The summed E-state index contributed by atoms with van der Waals surface area (Å²) < 4.78 is 0.917. The van der Waals surface area contributed by atoms with Gasteiger partial charge < -0.3 is 5.73 Å². The highest BCUT2D eigenvalue weighted by atomic mass is 32.1. The van der Waals surface area contributed by atoms with Crippen molar-refractivity contribution in [3.05, 3.63) is 40.3 Å². The van der Waals surface area contributed by atoms with Gasteiger partial charge in [-0.3, -0.25) is 9.59 Å². The standard InChI is InChI=1S/C10H9N3O2S/c11-9(14)5-8-6-3-1-2-4-7(6)10(15)13(16)12-8/h1-4,16H,5H2,(H2,11,14). The molecule has 0 aliphatic carbocycles. The normalized spacial score (nSPS) is 10.6. The summed E-state index contributed by atoms with van der Waals surface area (Å²) in [6, 6.07) is 6.91. The molecule has 1 aromatic carbocycles. The van der Waals surface area contributed by atoms with Gasteiger partial charge in [-0.15, -0.1) is 0 Å². The summed E-state index contributed by atoms with van der Waals surface area (Å²) in [5.74, 6) is -0.496. The number of carbonyl (C=O) groups excluding carboxylic acids is 1. The maximum Gasteiger partial charge on any atom is 0.284 e. The van der Waals surface area contributed by atoms with Crippen molar-refractivity contribution in [2.45, 2.75) is 6.42 Å². The number of amides is 1. The number of thiol groups is 1. The number of carbonyl (C=O) groups is 1. The number of nitrogens with zero attached hydrogens (tertiary/aromatic N) is 2. The predicted molar refractivity (Wildman–Crippen MR) is 63.3 cm³/mol. The fraction of sp³-hybridized carbons (Fsp3) is 0.100. The average molecular weight is 235 g/mol. The third kappa shape index (κ3) is 1.79. The van der Waals surface area contributed by atoms with E-state index in [9.17, 15) is 9.59 Å². The van der Waals surface area contributed by atoms with Crippen molar-refractivity contribution in [3.8, 4) is 0 Å². The first-order chi connectivity index (χ1) is 7.59. The Kier molecular flexibility index (Phi) is 2.66. The van der Waals surface area contributed by atoms with E-state index in [0.29, 0.717) is 16.5 Å². The second kappa shape index (κ2) is 3.97. The molecular formula is C10H9N3O2S. The Morgan fingerprint density at radius 3 is 2.62 bits per heavy atom. The molecule has 6 heteroatoms. The SMILES string of the molecule is NC(=O)Cc1nn(S)c(=O)c2ccccc12. The minimum Gasteiger partial charge on any atom is -0.369 e. The predicted octanol–water partition coefficient (Wildman–Crippen LogP) is 0.117. The number of nitrogens with two attached hydrogens (primary N) is 1. The van der Waals surface area contributed by atoms with E-state index >= 15 is 0 Å². The summed E-state index contributed by atoms with van der Waals surface area (Å²) in [5.41, 5.74) is 5.26. The van der Waals surface area contributed by atoms with Crippen LogP contribution in [0.5, 0.6) is 0 Å². The molecule has 16 heavy (non-hydrogen) atoms. The Balaban J connectivity index is 2.79. The molecule has 2 rings (SSSR count). The van der Waals surface area contributed by atoms with Crippen LogP contribution in [-0.2, 0) is 11.2 Å². The van der Waals surface area contributed by atoms with Crippen molar-refractivity contribution in [2.75, 3.05) is 0 Å². The van der Waals surface area contributed by atoms with Crippen molar-refractivity contribution in [3.63, 3.8) is 0 Å². The highest BCUT2D eigenvalue weighted by Gasteiger charge is 2.10. The summed E-state index contributed by atoms with van der Waals surface area (Å²) >= 11 is 3.91. The lowest BCUT2D eigenvalue weighted by molar-refractivity contribution is -0.117. The monoisotopic (exact) mass is 235 g/mol.